The molecular formula is C8H14N2O. The lowest BCUT2D eigenvalue weighted by molar-refractivity contribution is -0.125. The Labute approximate surface area is 67.6 Å². The van der Waals surface area contributed by atoms with Gasteiger partial charge in [-0.1, -0.05) is 5.92 Å². The van der Waals surface area contributed by atoms with Crippen molar-refractivity contribution in [1.29, 1.82) is 0 Å². The maximum Gasteiger partial charge on any atom is 0.240 e. The maximum absolute atomic E-state index is 11.2. The monoisotopic (exact) mass is 154 g/mol. The van der Waals surface area contributed by atoms with E-state index in [0.717, 1.165) is 0 Å². The second-order valence-electron chi connectivity index (χ2n) is 2.76. The summed E-state index contributed by atoms with van der Waals surface area (Å²) in [5.74, 6) is 2.25. The van der Waals surface area contributed by atoms with Crippen molar-refractivity contribution < 1.29 is 4.79 Å². The van der Waals surface area contributed by atoms with Crippen LogP contribution in [0.2, 0.25) is 0 Å². The zero-order valence-electron chi connectivity index (χ0n) is 7.19. The fourth-order valence-corrected chi connectivity index (χ4v) is 0.466. The number of nitrogens with one attached hydrogen (secondary N) is 2. The van der Waals surface area contributed by atoms with Crippen molar-refractivity contribution in [2.45, 2.75) is 19.4 Å². The van der Waals surface area contributed by atoms with E-state index in [1.807, 2.05) is 0 Å². The summed E-state index contributed by atoms with van der Waals surface area (Å²) >= 11 is 0. The third-order valence-corrected chi connectivity index (χ3v) is 1.54. The fourth-order valence-electron chi connectivity index (χ4n) is 0.466. The van der Waals surface area contributed by atoms with Crippen molar-refractivity contribution in [1.82, 2.24) is 10.6 Å². The normalized spacial score (nSPS) is 10.4. The predicted molar refractivity (Wildman–Crippen MR) is 45.0 cm³/mol. The van der Waals surface area contributed by atoms with Crippen molar-refractivity contribution in [3.8, 4) is 12.3 Å². The van der Waals surface area contributed by atoms with Crippen LogP contribution < -0.4 is 10.6 Å². The highest BCUT2D eigenvalue weighted by Gasteiger charge is 2.23. The first-order valence-corrected chi connectivity index (χ1v) is 3.45. The molecule has 0 aliphatic carbocycles. The number of likely N-dealkylation sites (N-methyl/N-ethyl adjacent to an activating group) is 1. The highest BCUT2D eigenvalue weighted by Crippen LogP contribution is 1.98. The highest BCUT2D eigenvalue weighted by molar-refractivity contribution is 5.85. The predicted octanol–water partition coefficient (Wildman–Crippen LogP) is -0.266. The SMILES string of the molecule is C#CCNC(=O)C(C)(C)NC. The van der Waals surface area contributed by atoms with E-state index in [4.69, 9.17) is 6.42 Å². The fraction of sp³-hybridized carbons (Fsp3) is 0.625. The van der Waals surface area contributed by atoms with Gasteiger partial charge in [-0.25, -0.2) is 0 Å². The van der Waals surface area contributed by atoms with E-state index >= 15 is 0 Å². The molecule has 0 saturated heterocycles. The van der Waals surface area contributed by atoms with Gasteiger partial charge < -0.3 is 10.6 Å². The summed E-state index contributed by atoms with van der Waals surface area (Å²) in [6.07, 6.45) is 4.98. The number of amides is 1. The van der Waals surface area contributed by atoms with E-state index in [9.17, 15) is 4.79 Å². The van der Waals surface area contributed by atoms with Gasteiger partial charge in [-0.3, -0.25) is 4.79 Å². The molecule has 0 aliphatic rings. The van der Waals surface area contributed by atoms with Crippen LogP contribution >= 0.6 is 0 Å². The Hall–Kier alpha value is -1.01. The maximum atomic E-state index is 11.2. The molecule has 3 heteroatoms. The molecule has 2 N–H and O–H groups in total. The molecule has 0 aromatic carbocycles. The Morgan fingerprint density at radius 3 is 2.55 bits per heavy atom. The molecule has 0 radical (unpaired) electrons. The molecule has 0 bridgehead atoms. The van der Waals surface area contributed by atoms with Gasteiger partial charge >= 0.3 is 0 Å². The van der Waals surface area contributed by atoms with Gasteiger partial charge in [0.25, 0.3) is 0 Å². The van der Waals surface area contributed by atoms with Crippen molar-refractivity contribution in [3.63, 3.8) is 0 Å². The van der Waals surface area contributed by atoms with Gasteiger partial charge in [0.05, 0.1) is 12.1 Å². The number of hydrogen-bond acceptors (Lipinski definition) is 2. The molecule has 11 heavy (non-hydrogen) atoms. The topological polar surface area (TPSA) is 41.1 Å². The number of hydrogen-bond donors (Lipinski definition) is 2. The van der Waals surface area contributed by atoms with E-state index in [1.54, 1.807) is 20.9 Å². The Balaban J connectivity index is 3.94. The van der Waals surface area contributed by atoms with Gasteiger partial charge in [-0.05, 0) is 20.9 Å². The van der Waals surface area contributed by atoms with Gasteiger partial charge in [-0.2, -0.15) is 0 Å². The summed E-state index contributed by atoms with van der Waals surface area (Å²) in [5, 5.41) is 5.46. The van der Waals surface area contributed by atoms with E-state index in [-0.39, 0.29) is 12.5 Å². The van der Waals surface area contributed by atoms with E-state index in [0.29, 0.717) is 0 Å². The standard InChI is InChI=1S/C8H14N2O/c1-5-6-10-7(11)8(2,3)9-4/h1,9H,6H2,2-4H3,(H,10,11). The lowest BCUT2D eigenvalue weighted by Crippen LogP contribution is -2.51. The quantitative estimate of drug-likeness (QED) is 0.550. The first kappa shape index (κ1) is 9.99. The number of carbonyl (C=O) groups is 1. The Kier molecular flexibility index (Phi) is 3.63. The summed E-state index contributed by atoms with van der Waals surface area (Å²) in [4.78, 5) is 11.2. The van der Waals surface area contributed by atoms with Gasteiger partial charge in [0, 0.05) is 0 Å². The molecule has 0 atom stereocenters. The largest absolute Gasteiger partial charge is 0.344 e. The molecule has 0 rings (SSSR count). The van der Waals surface area contributed by atoms with Gasteiger partial charge in [0.1, 0.15) is 0 Å². The van der Waals surface area contributed by atoms with Crippen LogP contribution in [0.3, 0.4) is 0 Å². The van der Waals surface area contributed by atoms with Crippen LogP contribution in [-0.2, 0) is 4.79 Å². The summed E-state index contributed by atoms with van der Waals surface area (Å²) in [6.45, 7) is 3.86. The minimum atomic E-state index is -0.545. The molecule has 0 aromatic heterocycles. The van der Waals surface area contributed by atoms with Crippen LogP contribution in [0.4, 0.5) is 0 Å². The average Bonchev–Trinajstić information content (AvgIpc) is 2.00. The molecule has 0 fully saturated rings. The number of carbonyl (C=O) groups excluding carboxylic acids is 1. The Bertz CT molecular complexity index is 179. The second-order valence-corrected chi connectivity index (χ2v) is 2.76. The molecule has 0 aliphatic heterocycles. The van der Waals surface area contributed by atoms with Crippen LogP contribution in [0.15, 0.2) is 0 Å². The molecule has 0 spiro atoms. The summed E-state index contributed by atoms with van der Waals surface area (Å²) < 4.78 is 0. The second kappa shape index (κ2) is 3.99. The summed E-state index contributed by atoms with van der Waals surface area (Å²) in [5.41, 5.74) is -0.545. The molecule has 1 amide bonds. The lowest BCUT2D eigenvalue weighted by Gasteiger charge is -2.21. The van der Waals surface area contributed by atoms with E-state index in [1.165, 1.54) is 0 Å². The van der Waals surface area contributed by atoms with E-state index < -0.39 is 5.54 Å². The zero-order chi connectivity index (χ0) is 8.91. The molecule has 0 unspecified atom stereocenters. The van der Waals surface area contributed by atoms with Crippen molar-refractivity contribution in [2.75, 3.05) is 13.6 Å². The molecule has 0 heterocycles. The molecule has 0 aromatic rings. The van der Waals surface area contributed by atoms with Crippen LogP contribution in [0.5, 0.6) is 0 Å². The first-order chi connectivity index (χ1) is 5.04. The summed E-state index contributed by atoms with van der Waals surface area (Å²) in [6, 6.07) is 0. The molecule has 3 nitrogen and oxygen atoms in total. The summed E-state index contributed by atoms with van der Waals surface area (Å²) in [7, 11) is 1.73. The van der Waals surface area contributed by atoms with Crippen molar-refractivity contribution >= 4 is 5.91 Å². The lowest BCUT2D eigenvalue weighted by atomic mass is 10.1. The Morgan fingerprint density at radius 2 is 2.18 bits per heavy atom. The number of terminal acetylenes is 1. The van der Waals surface area contributed by atoms with Crippen LogP contribution in [0.25, 0.3) is 0 Å². The number of rotatable bonds is 3. The first-order valence-electron chi connectivity index (χ1n) is 3.45. The smallest absolute Gasteiger partial charge is 0.240 e. The van der Waals surface area contributed by atoms with Gasteiger partial charge in [0.2, 0.25) is 5.91 Å². The zero-order valence-corrected chi connectivity index (χ0v) is 7.19. The Morgan fingerprint density at radius 1 is 1.64 bits per heavy atom. The van der Waals surface area contributed by atoms with Crippen LogP contribution in [0, 0.1) is 12.3 Å². The third-order valence-electron chi connectivity index (χ3n) is 1.54. The minimum absolute atomic E-state index is 0.0852. The molecule has 62 valence electrons. The van der Waals surface area contributed by atoms with Gasteiger partial charge in [0.15, 0.2) is 0 Å². The van der Waals surface area contributed by atoms with Gasteiger partial charge in [-0.15, -0.1) is 6.42 Å². The third kappa shape index (κ3) is 3.06. The van der Waals surface area contributed by atoms with Crippen LogP contribution in [-0.4, -0.2) is 25.0 Å². The molecular weight excluding hydrogens is 140 g/mol. The van der Waals surface area contributed by atoms with Crippen molar-refractivity contribution in [2.24, 2.45) is 0 Å². The van der Waals surface area contributed by atoms with E-state index in [2.05, 4.69) is 16.6 Å². The minimum Gasteiger partial charge on any atom is -0.344 e. The molecule has 0 saturated carbocycles. The van der Waals surface area contributed by atoms with Crippen molar-refractivity contribution in [3.05, 3.63) is 0 Å². The average molecular weight is 154 g/mol. The highest BCUT2D eigenvalue weighted by atomic mass is 16.2. The van der Waals surface area contributed by atoms with Crippen LogP contribution in [0.1, 0.15) is 13.8 Å².